The van der Waals surface area contributed by atoms with Gasteiger partial charge in [0.15, 0.2) is 0 Å². The van der Waals surface area contributed by atoms with E-state index in [0.717, 1.165) is 26.9 Å². The lowest BCUT2D eigenvalue weighted by Crippen LogP contribution is -1.99. The van der Waals surface area contributed by atoms with Gasteiger partial charge in [0.1, 0.15) is 11.6 Å². The quantitative estimate of drug-likeness (QED) is 0.696. The van der Waals surface area contributed by atoms with Gasteiger partial charge in [-0.3, -0.25) is 0 Å². The highest BCUT2D eigenvalue weighted by Gasteiger charge is 2.08. The van der Waals surface area contributed by atoms with Crippen LogP contribution in [0.15, 0.2) is 46.9 Å². The molecular weight excluding hydrogens is 307 g/mol. The van der Waals surface area contributed by atoms with Crippen molar-refractivity contribution in [2.75, 3.05) is 0 Å². The van der Waals surface area contributed by atoms with Gasteiger partial charge >= 0.3 is 0 Å². The van der Waals surface area contributed by atoms with E-state index >= 15 is 0 Å². The molecule has 0 aliphatic rings. The molecule has 0 N–H and O–H groups in total. The van der Waals surface area contributed by atoms with Crippen molar-refractivity contribution in [1.82, 2.24) is 9.55 Å². The van der Waals surface area contributed by atoms with Gasteiger partial charge in [0.05, 0.1) is 11.0 Å². The number of nitrogens with zero attached hydrogens (tertiary/aromatic N) is 2. The molecule has 0 amide bonds. The van der Waals surface area contributed by atoms with Crippen molar-refractivity contribution >= 4 is 27.0 Å². The maximum Gasteiger partial charge on any atom is 0.123 e. The molecule has 4 heteroatoms. The molecule has 19 heavy (non-hydrogen) atoms. The summed E-state index contributed by atoms with van der Waals surface area (Å²) in [7, 11) is 2.00. The van der Waals surface area contributed by atoms with E-state index in [1.54, 1.807) is 12.1 Å². The van der Waals surface area contributed by atoms with Crippen LogP contribution < -0.4 is 0 Å². The Balaban J connectivity index is 2.01. The number of aromatic nitrogens is 2. The fourth-order valence-electron chi connectivity index (χ4n) is 2.17. The highest BCUT2D eigenvalue weighted by Crippen LogP contribution is 2.21. The minimum Gasteiger partial charge on any atom is -0.331 e. The first-order valence-corrected chi connectivity index (χ1v) is 6.78. The zero-order chi connectivity index (χ0) is 13.4. The van der Waals surface area contributed by atoms with Gasteiger partial charge in [-0.2, -0.15) is 0 Å². The number of imidazole rings is 1. The van der Waals surface area contributed by atoms with Crippen LogP contribution >= 0.6 is 15.9 Å². The number of fused-ring (bicyclic) bond motifs is 1. The van der Waals surface area contributed by atoms with Crippen molar-refractivity contribution in [2.45, 2.75) is 6.42 Å². The minimum absolute atomic E-state index is 0.210. The van der Waals surface area contributed by atoms with Gasteiger partial charge in [0.2, 0.25) is 0 Å². The Morgan fingerprint density at radius 1 is 1.16 bits per heavy atom. The highest BCUT2D eigenvalue weighted by atomic mass is 79.9. The van der Waals surface area contributed by atoms with Crippen LogP contribution in [0.1, 0.15) is 11.4 Å². The summed E-state index contributed by atoms with van der Waals surface area (Å²) in [5, 5.41) is 0. The summed E-state index contributed by atoms with van der Waals surface area (Å²) < 4.78 is 16.0. The molecule has 0 bridgehead atoms. The first kappa shape index (κ1) is 12.4. The lowest BCUT2D eigenvalue weighted by atomic mass is 10.1. The number of hydrogen-bond acceptors (Lipinski definition) is 1. The van der Waals surface area contributed by atoms with Crippen LogP contribution in [0.25, 0.3) is 11.0 Å². The largest absolute Gasteiger partial charge is 0.331 e. The average molecular weight is 319 g/mol. The van der Waals surface area contributed by atoms with Crippen LogP contribution in [0.5, 0.6) is 0 Å². The molecule has 0 fully saturated rings. The lowest BCUT2D eigenvalue weighted by Gasteiger charge is -2.02. The first-order chi connectivity index (χ1) is 9.13. The van der Waals surface area contributed by atoms with E-state index in [-0.39, 0.29) is 5.82 Å². The van der Waals surface area contributed by atoms with E-state index in [1.165, 1.54) is 12.1 Å². The summed E-state index contributed by atoms with van der Waals surface area (Å²) in [5.74, 6) is 0.761. The number of hydrogen-bond donors (Lipinski definition) is 0. The summed E-state index contributed by atoms with van der Waals surface area (Å²) >= 11 is 3.45. The lowest BCUT2D eigenvalue weighted by molar-refractivity contribution is 0.627. The second-order valence-corrected chi connectivity index (χ2v) is 5.44. The highest BCUT2D eigenvalue weighted by molar-refractivity contribution is 9.10. The maximum atomic E-state index is 12.9. The van der Waals surface area contributed by atoms with Gasteiger partial charge in [-0.15, -0.1) is 0 Å². The van der Waals surface area contributed by atoms with E-state index in [2.05, 4.69) is 25.5 Å². The van der Waals surface area contributed by atoms with E-state index in [1.807, 2.05) is 25.2 Å². The third-order valence-corrected chi connectivity index (χ3v) is 3.70. The Morgan fingerprint density at radius 2 is 1.89 bits per heavy atom. The number of halogens is 2. The van der Waals surface area contributed by atoms with Crippen LogP contribution in [-0.2, 0) is 13.5 Å². The molecule has 2 nitrogen and oxygen atoms in total. The molecule has 0 saturated carbocycles. The summed E-state index contributed by atoms with van der Waals surface area (Å²) in [6, 6.07) is 12.6. The van der Waals surface area contributed by atoms with Crippen molar-refractivity contribution in [2.24, 2.45) is 7.05 Å². The molecule has 0 aliphatic heterocycles. The molecule has 0 atom stereocenters. The van der Waals surface area contributed by atoms with Gasteiger partial charge in [0, 0.05) is 17.9 Å². The number of rotatable bonds is 2. The van der Waals surface area contributed by atoms with E-state index in [9.17, 15) is 4.39 Å². The molecule has 0 radical (unpaired) electrons. The molecule has 0 aliphatic carbocycles. The standard InChI is InChI=1S/C15H12BrFN2/c1-19-14-7-4-11(16)9-13(14)18-15(19)8-10-2-5-12(17)6-3-10/h2-7,9H,8H2,1H3. The zero-order valence-corrected chi connectivity index (χ0v) is 12.0. The van der Waals surface area contributed by atoms with Crippen molar-refractivity contribution in [1.29, 1.82) is 0 Å². The summed E-state index contributed by atoms with van der Waals surface area (Å²) in [5.41, 5.74) is 3.12. The molecule has 1 aromatic heterocycles. The Labute approximate surface area is 119 Å². The van der Waals surface area contributed by atoms with Gasteiger partial charge in [-0.05, 0) is 35.9 Å². The molecule has 3 rings (SSSR count). The predicted molar refractivity (Wildman–Crippen MR) is 77.6 cm³/mol. The predicted octanol–water partition coefficient (Wildman–Crippen LogP) is 4.07. The molecule has 2 aromatic carbocycles. The molecule has 0 spiro atoms. The molecular formula is C15H12BrFN2. The van der Waals surface area contributed by atoms with Crippen molar-refractivity contribution in [3.05, 3.63) is 64.1 Å². The second kappa shape index (κ2) is 4.78. The monoisotopic (exact) mass is 318 g/mol. The van der Waals surface area contributed by atoms with Gasteiger partial charge in [0.25, 0.3) is 0 Å². The summed E-state index contributed by atoms with van der Waals surface area (Å²) in [4.78, 5) is 4.63. The van der Waals surface area contributed by atoms with Crippen molar-refractivity contribution < 1.29 is 4.39 Å². The topological polar surface area (TPSA) is 17.8 Å². The van der Waals surface area contributed by atoms with E-state index < -0.39 is 0 Å². The van der Waals surface area contributed by atoms with Crippen LogP contribution in [0.4, 0.5) is 4.39 Å². The van der Waals surface area contributed by atoms with Crippen LogP contribution in [0.2, 0.25) is 0 Å². The number of benzene rings is 2. The number of aryl methyl sites for hydroxylation is 1. The fraction of sp³-hybridized carbons (Fsp3) is 0.133. The zero-order valence-electron chi connectivity index (χ0n) is 10.4. The normalized spacial score (nSPS) is 11.1. The third-order valence-electron chi connectivity index (χ3n) is 3.21. The van der Waals surface area contributed by atoms with E-state index in [4.69, 9.17) is 0 Å². The molecule has 0 unspecified atom stereocenters. The van der Waals surface area contributed by atoms with Gasteiger partial charge < -0.3 is 4.57 Å². The smallest absolute Gasteiger partial charge is 0.123 e. The molecule has 3 aromatic rings. The van der Waals surface area contributed by atoms with Crippen molar-refractivity contribution in [3.8, 4) is 0 Å². The van der Waals surface area contributed by atoms with Crippen LogP contribution in [0.3, 0.4) is 0 Å². The van der Waals surface area contributed by atoms with Crippen molar-refractivity contribution in [3.63, 3.8) is 0 Å². The van der Waals surface area contributed by atoms with Crippen LogP contribution in [0, 0.1) is 5.82 Å². The molecule has 96 valence electrons. The van der Waals surface area contributed by atoms with Gasteiger partial charge in [-0.25, -0.2) is 9.37 Å². The second-order valence-electron chi connectivity index (χ2n) is 4.52. The summed E-state index contributed by atoms with van der Waals surface area (Å²) in [6.45, 7) is 0. The first-order valence-electron chi connectivity index (χ1n) is 5.99. The SMILES string of the molecule is Cn1c(Cc2ccc(F)cc2)nc2cc(Br)ccc21. The van der Waals surface area contributed by atoms with Crippen LogP contribution in [-0.4, -0.2) is 9.55 Å². The Bertz CT molecular complexity index is 732. The third kappa shape index (κ3) is 2.40. The van der Waals surface area contributed by atoms with Gasteiger partial charge in [-0.1, -0.05) is 28.1 Å². The minimum atomic E-state index is -0.210. The summed E-state index contributed by atoms with van der Waals surface area (Å²) in [6.07, 6.45) is 0.697. The van der Waals surface area contributed by atoms with E-state index in [0.29, 0.717) is 6.42 Å². The Hall–Kier alpha value is -1.68. The fourth-order valence-corrected chi connectivity index (χ4v) is 2.51. The molecule has 1 heterocycles. The Morgan fingerprint density at radius 3 is 2.63 bits per heavy atom. The average Bonchev–Trinajstić information content (AvgIpc) is 2.68. The maximum absolute atomic E-state index is 12.9. The molecule has 0 saturated heterocycles. The Kier molecular flexibility index (Phi) is 3.11.